The van der Waals surface area contributed by atoms with Gasteiger partial charge in [-0.2, -0.15) is 4.74 Å². The molecule has 2 unspecified atom stereocenters. The normalized spacial score (nSPS) is 21.1. The van der Waals surface area contributed by atoms with Crippen molar-refractivity contribution in [3.8, 4) is 0 Å². The number of carbonyl (C=O) groups excluding carboxylic acids is 2. The van der Waals surface area contributed by atoms with Crippen LogP contribution in [0.2, 0.25) is 0 Å². The average Bonchev–Trinajstić information content (AvgIpc) is 2.94. The minimum absolute atomic E-state index is 0.00648. The molecule has 136 valence electrons. The molecule has 0 saturated heterocycles. The number of ether oxygens (including phenoxy) is 2. The quantitative estimate of drug-likeness (QED) is 0.430. The van der Waals surface area contributed by atoms with Gasteiger partial charge < -0.3 is 14.7 Å². The maximum atomic E-state index is 13.2. The number of hydrogen-bond donors (Lipinski definition) is 0. The SMILES string of the molecule is CCOC(=O)CC(C)C1(C(=O)OCC)CCC(c2ccccc2)=[N+]1[O-]. The molecule has 0 spiro atoms. The lowest BCUT2D eigenvalue weighted by atomic mass is 9.81. The molecule has 1 aliphatic heterocycles. The molecule has 0 aliphatic carbocycles. The van der Waals surface area contributed by atoms with Crippen molar-refractivity contribution < 1.29 is 23.8 Å². The van der Waals surface area contributed by atoms with E-state index in [9.17, 15) is 14.8 Å². The summed E-state index contributed by atoms with van der Waals surface area (Å²) in [4.78, 5) is 24.6. The molecule has 1 aromatic carbocycles. The predicted octanol–water partition coefficient (Wildman–Crippen LogP) is 2.67. The molecule has 0 saturated carbocycles. The first-order valence-electron chi connectivity index (χ1n) is 8.68. The van der Waals surface area contributed by atoms with Gasteiger partial charge in [-0.05, 0) is 26.0 Å². The topological polar surface area (TPSA) is 78.7 Å². The van der Waals surface area contributed by atoms with Crippen LogP contribution in [0.1, 0.15) is 45.6 Å². The van der Waals surface area contributed by atoms with Gasteiger partial charge in [0.05, 0.1) is 19.6 Å². The highest BCUT2D eigenvalue weighted by Crippen LogP contribution is 2.37. The first-order valence-corrected chi connectivity index (χ1v) is 8.68. The monoisotopic (exact) mass is 347 g/mol. The van der Waals surface area contributed by atoms with Crippen LogP contribution < -0.4 is 0 Å². The molecule has 1 aromatic rings. The zero-order chi connectivity index (χ0) is 18.4. The lowest BCUT2D eigenvalue weighted by Crippen LogP contribution is -2.52. The smallest absolute Gasteiger partial charge is 0.380 e. The number of esters is 2. The van der Waals surface area contributed by atoms with Gasteiger partial charge in [0.25, 0.3) is 5.54 Å². The zero-order valence-electron chi connectivity index (χ0n) is 15.0. The molecule has 0 bridgehead atoms. The zero-order valence-corrected chi connectivity index (χ0v) is 15.0. The number of rotatable bonds is 7. The standard InChI is InChI=1S/C19H25NO5/c1-4-24-17(21)13-14(3)19(18(22)25-5-2)12-11-16(20(19)23)15-9-7-6-8-10-15/h6-10,14H,4-5,11-13H2,1-3H3. The Morgan fingerprint density at radius 2 is 1.84 bits per heavy atom. The maximum absolute atomic E-state index is 13.2. The predicted molar refractivity (Wildman–Crippen MR) is 93.2 cm³/mol. The molecule has 6 nitrogen and oxygen atoms in total. The third-order valence-electron chi connectivity index (χ3n) is 4.68. The van der Waals surface area contributed by atoms with Crippen LogP contribution in [0, 0.1) is 11.1 Å². The molecule has 0 aromatic heterocycles. The van der Waals surface area contributed by atoms with Crippen LogP contribution in [-0.4, -0.2) is 41.1 Å². The Hall–Kier alpha value is -2.37. The molecular formula is C19H25NO5. The van der Waals surface area contributed by atoms with E-state index < -0.39 is 23.4 Å². The summed E-state index contributed by atoms with van der Waals surface area (Å²) >= 11 is 0. The molecule has 2 atom stereocenters. The van der Waals surface area contributed by atoms with Crippen molar-refractivity contribution in [1.29, 1.82) is 0 Å². The Balaban J connectivity index is 2.41. The summed E-state index contributed by atoms with van der Waals surface area (Å²) in [5, 5.41) is 13.2. The van der Waals surface area contributed by atoms with Gasteiger partial charge in [-0.25, -0.2) is 4.79 Å². The Morgan fingerprint density at radius 3 is 2.44 bits per heavy atom. The van der Waals surface area contributed by atoms with E-state index >= 15 is 0 Å². The lowest BCUT2D eigenvalue weighted by molar-refractivity contribution is -0.536. The first kappa shape index (κ1) is 19.0. The third kappa shape index (κ3) is 3.67. The summed E-state index contributed by atoms with van der Waals surface area (Å²) in [7, 11) is 0. The third-order valence-corrected chi connectivity index (χ3v) is 4.68. The summed E-state index contributed by atoms with van der Waals surface area (Å²) in [6, 6.07) is 9.26. The largest absolute Gasteiger partial charge is 0.623 e. The minimum Gasteiger partial charge on any atom is -0.623 e. The van der Waals surface area contributed by atoms with Gasteiger partial charge >= 0.3 is 11.9 Å². The molecule has 0 radical (unpaired) electrons. The fourth-order valence-electron chi connectivity index (χ4n) is 3.37. The van der Waals surface area contributed by atoms with Crippen LogP contribution in [0.15, 0.2) is 30.3 Å². The minimum atomic E-state index is -1.39. The maximum Gasteiger partial charge on any atom is 0.380 e. The van der Waals surface area contributed by atoms with Gasteiger partial charge in [0, 0.05) is 24.3 Å². The van der Waals surface area contributed by atoms with Gasteiger partial charge in [-0.15, -0.1) is 0 Å². The Bertz CT molecular complexity index is 655. The van der Waals surface area contributed by atoms with Crippen molar-refractivity contribution >= 4 is 17.7 Å². The molecule has 0 amide bonds. The number of carbonyl (C=O) groups is 2. The number of hydroxylamine groups is 1. The van der Waals surface area contributed by atoms with Crippen molar-refractivity contribution in [3.63, 3.8) is 0 Å². The summed E-state index contributed by atoms with van der Waals surface area (Å²) < 4.78 is 11.0. The van der Waals surface area contributed by atoms with Crippen molar-refractivity contribution in [2.45, 2.75) is 45.6 Å². The van der Waals surface area contributed by atoms with Crippen molar-refractivity contribution in [1.82, 2.24) is 0 Å². The van der Waals surface area contributed by atoms with E-state index in [1.54, 1.807) is 20.8 Å². The van der Waals surface area contributed by atoms with Crippen LogP contribution in [0.4, 0.5) is 0 Å². The molecule has 0 fully saturated rings. The second-order valence-electron chi connectivity index (χ2n) is 6.16. The van der Waals surface area contributed by atoms with E-state index in [-0.39, 0.29) is 19.6 Å². The first-order chi connectivity index (χ1) is 12.0. The van der Waals surface area contributed by atoms with Crippen LogP contribution in [0.5, 0.6) is 0 Å². The fraction of sp³-hybridized carbons (Fsp3) is 0.526. The molecule has 1 aliphatic rings. The molecule has 0 N–H and O–H groups in total. The molecule has 2 rings (SSSR count). The molecule has 25 heavy (non-hydrogen) atoms. The summed E-state index contributed by atoms with van der Waals surface area (Å²) in [6.07, 6.45) is 0.771. The van der Waals surface area contributed by atoms with Gasteiger partial charge in [0.15, 0.2) is 5.71 Å². The van der Waals surface area contributed by atoms with Crippen LogP contribution in [-0.2, 0) is 19.1 Å². The van der Waals surface area contributed by atoms with Gasteiger partial charge in [0.1, 0.15) is 0 Å². The Kier molecular flexibility index (Phi) is 6.17. The highest BCUT2D eigenvalue weighted by atomic mass is 16.6. The second kappa shape index (κ2) is 8.14. The summed E-state index contributed by atoms with van der Waals surface area (Å²) in [5.41, 5.74) is -0.0649. The summed E-state index contributed by atoms with van der Waals surface area (Å²) in [5.74, 6) is -1.52. The average molecular weight is 347 g/mol. The highest BCUT2D eigenvalue weighted by Gasteiger charge is 2.58. The van der Waals surface area contributed by atoms with Crippen molar-refractivity contribution in [2.24, 2.45) is 5.92 Å². The fourth-order valence-corrected chi connectivity index (χ4v) is 3.37. The Labute approximate surface area is 148 Å². The van der Waals surface area contributed by atoms with E-state index in [0.717, 1.165) is 10.3 Å². The second-order valence-corrected chi connectivity index (χ2v) is 6.16. The van der Waals surface area contributed by atoms with Crippen LogP contribution in [0.3, 0.4) is 0 Å². The molecule has 1 heterocycles. The van der Waals surface area contributed by atoms with Crippen LogP contribution >= 0.6 is 0 Å². The van der Waals surface area contributed by atoms with E-state index in [0.29, 0.717) is 18.6 Å². The van der Waals surface area contributed by atoms with E-state index in [1.165, 1.54) is 0 Å². The molecular weight excluding hydrogens is 322 g/mol. The van der Waals surface area contributed by atoms with E-state index in [4.69, 9.17) is 9.47 Å². The van der Waals surface area contributed by atoms with Crippen molar-refractivity contribution in [3.05, 3.63) is 41.1 Å². The van der Waals surface area contributed by atoms with Gasteiger partial charge in [-0.3, -0.25) is 4.79 Å². The van der Waals surface area contributed by atoms with E-state index in [1.807, 2.05) is 30.3 Å². The van der Waals surface area contributed by atoms with Crippen LogP contribution in [0.25, 0.3) is 0 Å². The number of benzene rings is 1. The summed E-state index contributed by atoms with van der Waals surface area (Å²) in [6.45, 7) is 5.60. The van der Waals surface area contributed by atoms with Crippen molar-refractivity contribution in [2.75, 3.05) is 13.2 Å². The Morgan fingerprint density at radius 1 is 1.20 bits per heavy atom. The highest BCUT2D eigenvalue weighted by molar-refractivity contribution is 6.00. The van der Waals surface area contributed by atoms with E-state index in [2.05, 4.69) is 0 Å². The number of hydrogen-bond acceptors (Lipinski definition) is 5. The lowest BCUT2D eigenvalue weighted by Gasteiger charge is -2.30. The number of nitrogens with zero attached hydrogens (tertiary/aromatic N) is 1. The van der Waals surface area contributed by atoms with Gasteiger partial charge in [0.2, 0.25) is 0 Å². The van der Waals surface area contributed by atoms with Gasteiger partial charge in [-0.1, -0.05) is 25.1 Å². The molecule has 6 heteroatoms.